The van der Waals surface area contributed by atoms with Gasteiger partial charge in [0.2, 0.25) is 0 Å². The third-order valence-electron chi connectivity index (χ3n) is 3.76. The second-order valence-electron chi connectivity index (χ2n) is 5.97. The number of benzene rings is 1. The molecule has 0 aromatic heterocycles. The first kappa shape index (κ1) is 25.1. The summed E-state index contributed by atoms with van der Waals surface area (Å²) in [6, 6.07) is 6.05. The molecule has 0 unspecified atom stereocenters. The summed E-state index contributed by atoms with van der Waals surface area (Å²) in [6.07, 6.45) is 5.82. The van der Waals surface area contributed by atoms with E-state index in [0.717, 1.165) is 38.5 Å². The molecule has 8 nitrogen and oxygen atoms in total. The van der Waals surface area contributed by atoms with Gasteiger partial charge in [-0.25, -0.2) is 9.59 Å². The minimum absolute atomic E-state index is 0.245. The van der Waals surface area contributed by atoms with Gasteiger partial charge in [-0.1, -0.05) is 25.7 Å². The van der Waals surface area contributed by atoms with Crippen LogP contribution in [0.1, 0.15) is 72.1 Å². The summed E-state index contributed by atoms with van der Waals surface area (Å²) in [5, 5.41) is 16.7. The summed E-state index contributed by atoms with van der Waals surface area (Å²) in [5.41, 5.74) is 0.806. The van der Waals surface area contributed by atoms with Crippen LogP contribution in [0.25, 0.3) is 0 Å². The Labute approximate surface area is 164 Å². The Bertz CT molecular complexity index is 567. The maximum Gasteiger partial charge on any atom is 0.337 e. The van der Waals surface area contributed by atoms with E-state index in [-0.39, 0.29) is 12.8 Å². The highest BCUT2D eigenvalue weighted by molar-refractivity contribution is 5.93. The number of carbonyl (C=O) groups excluding carboxylic acids is 2. The lowest BCUT2D eigenvalue weighted by atomic mass is 10.1. The molecule has 0 amide bonds. The second kappa shape index (κ2) is 15.2. The minimum Gasteiger partial charge on any atom is -0.481 e. The number of hydrogen-bond donors (Lipinski definition) is 2. The summed E-state index contributed by atoms with van der Waals surface area (Å²) in [6.45, 7) is 0. The molecule has 0 spiro atoms. The molecule has 0 saturated carbocycles. The number of ether oxygens (including phenoxy) is 2. The van der Waals surface area contributed by atoms with Crippen molar-refractivity contribution < 1.29 is 38.9 Å². The van der Waals surface area contributed by atoms with Gasteiger partial charge in [0.1, 0.15) is 0 Å². The first-order valence-electron chi connectivity index (χ1n) is 9.02. The molecule has 0 fully saturated rings. The molecule has 8 heteroatoms. The first-order chi connectivity index (χ1) is 13.3. The molecule has 0 atom stereocenters. The minimum atomic E-state index is -0.740. The Morgan fingerprint density at radius 2 is 0.929 bits per heavy atom. The number of hydrogen-bond acceptors (Lipinski definition) is 6. The average molecular weight is 396 g/mol. The van der Waals surface area contributed by atoms with Gasteiger partial charge in [-0.3, -0.25) is 9.59 Å². The van der Waals surface area contributed by atoms with E-state index in [4.69, 9.17) is 10.2 Å². The Morgan fingerprint density at radius 3 is 1.18 bits per heavy atom. The van der Waals surface area contributed by atoms with Gasteiger partial charge >= 0.3 is 23.9 Å². The maximum atomic E-state index is 11.0. The van der Waals surface area contributed by atoms with Crippen LogP contribution >= 0.6 is 0 Å². The van der Waals surface area contributed by atoms with E-state index in [9.17, 15) is 19.2 Å². The summed E-state index contributed by atoms with van der Waals surface area (Å²) in [4.78, 5) is 42.3. The van der Waals surface area contributed by atoms with Crippen molar-refractivity contribution in [3.8, 4) is 0 Å². The van der Waals surface area contributed by atoms with Crippen molar-refractivity contribution in [2.75, 3.05) is 14.2 Å². The molecule has 0 aliphatic rings. The van der Waals surface area contributed by atoms with Crippen molar-refractivity contribution in [3.05, 3.63) is 35.4 Å². The number of esters is 2. The molecule has 0 radical (unpaired) electrons. The molecule has 0 saturated heterocycles. The van der Waals surface area contributed by atoms with E-state index in [2.05, 4.69) is 9.47 Å². The molecule has 156 valence electrons. The smallest absolute Gasteiger partial charge is 0.337 e. The number of aliphatic carboxylic acids is 2. The SMILES string of the molecule is COC(=O)c1ccc(C(=O)OC)cc1.O=C(O)CCCCCCCCC(=O)O. The molecule has 28 heavy (non-hydrogen) atoms. The molecule has 0 heterocycles. The quantitative estimate of drug-likeness (QED) is 0.429. The van der Waals surface area contributed by atoms with Crippen LogP contribution in [-0.2, 0) is 19.1 Å². The Kier molecular flexibility index (Phi) is 13.6. The number of methoxy groups -OCH3 is 2. The fourth-order valence-corrected chi connectivity index (χ4v) is 2.24. The monoisotopic (exact) mass is 396 g/mol. The normalized spacial score (nSPS) is 9.64. The van der Waals surface area contributed by atoms with Crippen LogP contribution in [0.4, 0.5) is 0 Å². The van der Waals surface area contributed by atoms with Crippen LogP contribution in [0.3, 0.4) is 0 Å². The van der Waals surface area contributed by atoms with Crippen molar-refractivity contribution in [2.24, 2.45) is 0 Å². The van der Waals surface area contributed by atoms with Gasteiger partial charge in [0.15, 0.2) is 0 Å². The van der Waals surface area contributed by atoms with Crippen LogP contribution in [0.5, 0.6) is 0 Å². The highest BCUT2D eigenvalue weighted by Gasteiger charge is 2.08. The van der Waals surface area contributed by atoms with Gasteiger partial charge in [-0.2, -0.15) is 0 Å². The van der Waals surface area contributed by atoms with Crippen LogP contribution < -0.4 is 0 Å². The molecule has 1 rings (SSSR count). The standard InChI is InChI=1S/C10H10O4.C10H18O4/c1-13-9(11)7-3-5-8(6-4-7)10(12)14-2;11-9(12)7-5-3-1-2-4-6-8-10(13)14/h3-6H,1-2H3;1-8H2,(H,11,12)(H,13,14). The summed E-state index contributed by atoms with van der Waals surface area (Å²) in [5.74, 6) is -2.34. The van der Waals surface area contributed by atoms with Gasteiger partial charge in [-0.15, -0.1) is 0 Å². The lowest BCUT2D eigenvalue weighted by Crippen LogP contribution is -2.04. The van der Waals surface area contributed by atoms with Crippen LogP contribution in [0.2, 0.25) is 0 Å². The van der Waals surface area contributed by atoms with E-state index >= 15 is 0 Å². The predicted molar refractivity (Wildman–Crippen MR) is 101 cm³/mol. The highest BCUT2D eigenvalue weighted by atomic mass is 16.5. The number of rotatable bonds is 11. The van der Waals surface area contributed by atoms with E-state index in [0.29, 0.717) is 11.1 Å². The van der Waals surface area contributed by atoms with Crippen LogP contribution in [0.15, 0.2) is 24.3 Å². The predicted octanol–water partition coefficient (Wildman–Crippen LogP) is 3.54. The molecular weight excluding hydrogens is 368 g/mol. The Balaban J connectivity index is 0.000000521. The maximum absolute atomic E-state index is 11.0. The topological polar surface area (TPSA) is 127 Å². The molecular formula is C20H28O8. The Morgan fingerprint density at radius 1 is 0.643 bits per heavy atom. The molecule has 0 bridgehead atoms. The third-order valence-corrected chi connectivity index (χ3v) is 3.76. The van der Waals surface area contributed by atoms with Crippen molar-refractivity contribution >= 4 is 23.9 Å². The zero-order valence-electron chi connectivity index (χ0n) is 16.3. The summed E-state index contributed by atoms with van der Waals surface area (Å²) < 4.78 is 9.02. The molecule has 1 aromatic rings. The van der Waals surface area contributed by atoms with Gasteiger partial charge in [-0.05, 0) is 37.1 Å². The van der Waals surface area contributed by atoms with Crippen molar-refractivity contribution in [1.82, 2.24) is 0 Å². The number of carbonyl (C=O) groups is 4. The van der Waals surface area contributed by atoms with Crippen molar-refractivity contribution in [2.45, 2.75) is 51.4 Å². The van der Waals surface area contributed by atoms with Gasteiger partial charge in [0.05, 0.1) is 25.3 Å². The largest absolute Gasteiger partial charge is 0.481 e. The molecule has 0 aliphatic heterocycles. The van der Waals surface area contributed by atoms with E-state index in [1.165, 1.54) is 38.5 Å². The van der Waals surface area contributed by atoms with Crippen LogP contribution in [0, 0.1) is 0 Å². The number of carboxylic acid groups (broad SMARTS) is 2. The van der Waals surface area contributed by atoms with Gasteiger partial charge in [0, 0.05) is 12.8 Å². The van der Waals surface area contributed by atoms with Crippen LogP contribution in [-0.4, -0.2) is 48.3 Å². The van der Waals surface area contributed by atoms with Gasteiger partial charge < -0.3 is 19.7 Å². The second-order valence-corrected chi connectivity index (χ2v) is 5.97. The van der Waals surface area contributed by atoms with Crippen molar-refractivity contribution in [1.29, 1.82) is 0 Å². The fraction of sp³-hybridized carbons (Fsp3) is 0.500. The average Bonchev–Trinajstić information content (AvgIpc) is 2.69. The molecule has 1 aromatic carbocycles. The molecule has 2 N–H and O–H groups in total. The zero-order chi connectivity index (χ0) is 21.4. The van der Waals surface area contributed by atoms with E-state index in [1.54, 1.807) is 0 Å². The number of carboxylic acids is 2. The summed E-state index contributed by atoms with van der Waals surface area (Å²) >= 11 is 0. The van der Waals surface area contributed by atoms with E-state index < -0.39 is 23.9 Å². The lowest BCUT2D eigenvalue weighted by Gasteiger charge is -2.00. The first-order valence-corrected chi connectivity index (χ1v) is 9.02. The van der Waals surface area contributed by atoms with E-state index in [1.807, 2.05) is 0 Å². The number of unbranched alkanes of at least 4 members (excludes halogenated alkanes) is 5. The zero-order valence-corrected chi connectivity index (χ0v) is 16.3. The third kappa shape index (κ3) is 12.5. The fourth-order valence-electron chi connectivity index (χ4n) is 2.24. The van der Waals surface area contributed by atoms with Gasteiger partial charge in [0.25, 0.3) is 0 Å². The molecule has 0 aliphatic carbocycles. The van der Waals surface area contributed by atoms with Crippen molar-refractivity contribution in [3.63, 3.8) is 0 Å². The Hall–Kier alpha value is -2.90. The lowest BCUT2D eigenvalue weighted by molar-refractivity contribution is -0.138. The summed E-state index contributed by atoms with van der Waals surface area (Å²) in [7, 11) is 2.60. The highest BCUT2D eigenvalue weighted by Crippen LogP contribution is 2.08.